The molecule has 96 valence electrons. The highest BCUT2D eigenvalue weighted by Gasteiger charge is 2.09. The standard InChI is InChI=1S/C15H26N2/c1-13(2)10-16-11-14(3)17(4)12-15-8-6-5-7-9-15/h5-9,13-14,16H,10-12H2,1-4H3. The van der Waals surface area contributed by atoms with Gasteiger partial charge in [0.2, 0.25) is 0 Å². The lowest BCUT2D eigenvalue weighted by Crippen LogP contribution is -2.38. The number of benzene rings is 1. The molecule has 0 amide bonds. The van der Waals surface area contributed by atoms with E-state index in [9.17, 15) is 0 Å². The summed E-state index contributed by atoms with van der Waals surface area (Å²) in [7, 11) is 2.19. The van der Waals surface area contributed by atoms with Crippen molar-refractivity contribution in [2.75, 3.05) is 20.1 Å². The minimum absolute atomic E-state index is 0.564. The fourth-order valence-electron chi connectivity index (χ4n) is 1.76. The van der Waals surface area contributed by atoms with Crippen LogP contribution in [0.15, 0.2) is 30.3 Å². The molecule has 1 aromatic carbocycles. The molecule has 0 saturated heterocycles. The summed E-state index contributed by atoms with van der Waals surface area (Å²) in [6.45, 7) is 9.93. The first-order chi connectivity index (χ1) is 8.09. The molecule has 0 aliphatic carbocycles. The van der Waals surface area contributed by atoms with E-state index in [0.29, 0.717) is 6.04 Å². The van der Waals surface area contributed by atoms with E-state index < -0.39 is 0 Å². The Morgan fingerprint density at radius 1 is 1.06 bits per heavy atom. The zero-order valence-corrected chi connectivity index (χ0v) is 11.6. The molecule has 1 N–H and O–H groups in total. The van der Waals surface area contributed by atoms with Crippen LogP contribution in [0.3, 0.4) is 0 Å². The predicted octanol–water partition coefficient (Wildman–Crippen LogP) is 2.75. The van der Waals surface area contributed by atoms with Crippen molar-refractivity contribution in [3.05, 3.63) is 35.9 Å². The Kier molecular flexibility index (Phi) is 6.23. The molecule has 0 bridgehead atoms. The lowest BCUT2D eigenvalue weighted by atomic mass is 10.2. The topological polar surface area (TPSA) is 15.3 Å². The van der Waals surface area contributed by atoms with Gasteiger partial charge in [-0.25, -0.2) is 0 Å². The summed E-state index contributed by atoms with van der Waals surface area (Å²) in [5, 5.41) is 3.51. The molecular formula is C15H26N2. The third-order valence-electron chi connectivity index (χ3n) is 3.02. The van der Waals surface area contributed by atoms with Crippen LogP contribution in [-0.2, 0) is 6.54 Å². The second kappa shape index (κ2) is 7.46. The van der Waals surface area contributed by atoms with Crippen LogP contribution in [0.1, 0.15) is 26.3 Å². The average Bonchev–Trinajstić information content (AvgIpc) is 2.29. The van der Waals surface area contributed by atoms with Gasteiger partial charge in [-0.3, -0.25) is 4.90 Å². The van der Waals surface area contributed by atoms with Crippen LogP contribution in [0.4, 0.5) is 0 Å². The normalized spacial score (nSPS) is 13.3. The Balaban J connectivity index is 2.29. The number of hydrogen-bond donors (Lipinski definition) is 1. The van der Waals surface area contributed by atoms with Crippen LogP contribution in [-0.4, -0.2) is 31.1 Å². The second-order valence-corrected chi connectivity index (χ2v) is 5.30. The maximum atomic E-state index is 3.51. The van der Waals surface area contributed by atoms with Gasteiger partial charge < -0.3 is 5.32 Å². The highest BCUT2D eigenvalue weighted by atomic mass is 15.1. The Hall–Kier alpha value is -0.860. The summed E-state index contributed by atoms with van der Waals surface area (Å²) < 4.78 is 0. The van der Waals surface area contributed by atoms with Gasteiger partial charge in [-0.15, -0.1) is 0 Å². The first-order valence-corrected chi connectivity index (χ1v) is 6.54. The van der Waals surface area contributed by atoms with Gasteiger partial charge in [0.15, 0.2) is 0 Å². The Morgan fingerprint density at radius 2 is 1.71 bits per heavy atom. The molecule has 1 rings (SSSR count). The highest BCUT2D eigenvalue weighted by molar-refractivity contribution is 5.14. The molecular weight excluding hydrogens is 208 g/mol. The third-order valence-corrected chi connectivity index (χ3v) is 3.02. The number of likely N-dealkylation sites (N-methyl/N-ethyl adjacent to an activating group) is 1. The van der Waals surface area contributed by atoms with E-state index in [-0.39, 0.29) is 0 Å². The summed E-state index contributed by atoms with van der Waals surface area (Å²) in [5.41, 5.74) is 1.38. The Labute approximate surface area is 106 Å². The lowest BCUT2D eigenvalue weighted by Gasteiger charge is -2.25. The molecule has 0 aliphatic heterocycles. The molecule has 0 heterocycles. The van der Waals surface area contributed by atoms with E-state index in [1.165, 1.54) is 5.56 Å². The summed E-state index contributed by atoms with van der Waals surface area (Å²) >= 11 is 0. The third kappa shape index (κ3) is 5.85. The van der Waals surface area contributed by atoms with Gasteiger partial charge in [0.1, 0.15) is 0 Å². The molecule has 2 nitrogen and oxygen atoms in total. The molecule has 0 saturated carbocycles. The van der Waals surface area contributed by atoms with E-state index in [0.717, 1.165) is 25.6 Å². The quantitative estimate of drug-likeness (QED) is 0.780. The van der Waals surface area contributed by atoms with E-state index in [1.54, 1.807) is 0 Å². The zero-order valence-electron chi connectivity index (χ0n) is 11.6. The molecule has 1 unspecified atom stereocenters. The van der Waals surface area contributed by atoms with Gasteiger partial charge in [-0.1, -0.05) is 44.2 Å². The van der Waals surface area contributed by atoms with Crippen LogP contribution >= 0.6 is 0 Å². The first-order valence-electron chi connectivity index (χ1n) is 6.54. The van der Waals surface area contributed by atoms with E-state index in [2.05, 4.69) is 68.4 Å². The fraction of sp³-hybridized carbons (Fsp3) is 0.600. The second-order valence-electron chi connectivity index (χ2n) is 5.30. The number of rotatable bonds is 7. The van der Waals surface area contributed by atoms with Gasteiger partial charge in [0.05, 0.1) is 0 Å². The number of nitrogens with zero attached hydrogens (tertiary/aromatic N) is 1. The minimum Gasteiger partial charge on any atom is -0.315 e. The highest BCUT2D eigenvalue weighted by Crippen LogP contribution is 2.05. The van der Waals surface area contributed by atoms with E-state index in [4.69, 9.17) is 0 Å². The number of nitrogens with one attached hydrogen (secondary N) is 1. The minimum atomic E-state index is 0.564. The van der Waals surface area contributed by atoms with Crippen LogP contribution in [0.5, 0.6) is 0 Å². The average molecular weight is 234 g/mol. The SMILES string of the molecule is CC(C)CNCC(C)N(C)Cc1ccccc1. The predicted molar refractivity (Wildman–Crippen MR) is 75.1 cm³/mol. The summed E-state index contributed by atoms with van der Waals surface area (Å²) in [6, 6.07) is 11.2. The van der Waals surface area contributed by atoms with Crippen LogP contribution < -0.4 is 5.32 Å². The van der Waals surface area contributed by atoms with Gasteiger partial charge in [0, 0.05) is 19.1 Å². The first kappa shape index (κ1) is 14.2. The molecule has 1 aromatic rings. The van der Waals surface area contributed by atoms with E-state index in [1.807, 2.05) is 0 Å². The van der Waals surface area contributed by atoms with Crippen molar-refractivity contribution in [1.82, 2.24) is 10.2 Å². The van der Waals surface area contributed by atoms with Crippen molar-refractivity contribution in [1.29, 1.82) is 0 Å². The monoisotopic (exact) mass is 234 g/mol. The lowest BCUT2D eigenvalue weighted by molar-refractivity contribution is 0.241. The molecule has 0 radical (unpaired) electrons. The van der Waals surface area contributed by atoms with Crippen molar-refractivity contribution < 1.29 is 0 Å². The summed E-state index contributed by atoms with van der Waals surface area (Å²) in [6.07, 6.45) is 0. The van der Waals surface area contributed by atoms with E-state index >= 15 is 0 Å². The van der Waals surface area contributed by atoms with Crippen LogP contribution in [0, 0.1) is 5.92 Å². The van der Waals surface area contributed by atoms with Crippen molar-refractivity contribution in [2.24, 2.45) is 5.92 Å². The molecule has 0 spiro atoms. The molecule has 17 heavy (non-hydrogen) atoms. The van der Waals surface area contributed by atoms with Crippen molar-refractivity contribution in [3.8, 4) is 0 Å². The van der Waals surface area contributed by atoms with Crippen molar-refractivity contribution in [2.45, 2.75) is 33.4 Å². The zero-order chi connectivity index (χ0) is 12.7. The van der Waals surface area contributed by atoms with Crippen LogP contribution in [0.25, 0.3) is 0 Å². The molecule has 0 aromatic heterocycles. The largest absolute Gasteiger partial charge is 0.315 e. The maximum Gasteiger partial charge on any atom is 0.0234 e. The number of hydrogen-bond acceptors (Lipinski definition) is 2. The molecule has 0 aliphatic rings. The fourth-order valence-corrected chi connectivity index (χ4v) is 1.76. The molecule has 0 fully saturated rings. The smallest absolute Gasteiger partial charge is 0.0234 e. The van der Waals surface area contributed by atoms with Crippen molar-refractivity contribution in [3.63, 3.8) is 0 Å². The van der Waals surface area contributed by atoms with Gasteiger partial charge >= 0.3 is 0 Å². The summed E-state index contributed by atoms with van der Waals surface area (Å²) in [4.78, 5) is 2.39. The molecule has 1 atom stereocenters. The molecule has 2 heteroatoms. The maximum absolute atomic E-state index is 3.51. The Morgan fingerprint density at radius 3 is 2.29 bits per heavy atom. The van der Waals surface area contributed by atoms with Crippen molar-refractivity contribution >= 4 is 0 Å². The van der Waals surface area contributed by atoms with Gasteiger partial charge in [-0.05, 0) is 32.0 Å². The Bertz CT molecular complexity index is 295. The van der Waals surface area contributed by atoms with Crippen LogP contribution in [0.2, 0.25) is 0 Å². The van der Waals surface area contributed by atoms with Gasteiger partial charge in [-0.2, -0.15) is 0 Å². The van der Waals surface area contributed by atoms with Gasteiger partial charge in [0.25, 0.3) is 0 Å². The summed E-state index contributed by atoms with van der Waals surface area (Å²) in [5.74, 6) is 0.724.